The normalized spacial score (nSPS) is 12.6. The lowest BCUT2D eigenvalue weighted by Crippen LogP contribution is -2.39. The fraction of sp³-hybridized carbons (Fsp3) is 0.400. The van der Waals surface area contributed by atoms with Crippen LogP contribution in [0, 0.1) is 11.7 Å². The highest BCUT2D eigenvalue weighted by Crippen LogP contribution is 2.11. The number of nitrogens with one attached hydrogen (secondary N) is 1. The average molecular weight is 211 g/mol. The van der Waals surface area contributed by atoms with Gasteiger partial charge in [0.05, 0.1) is 17.9 Å². The van der Waals surface area contributed by atoms with E-state index >= 15 is 0 Å². The molecule has 0 aromatic carbocycles. The molecule has 1 aromatic heterocycles. The Morgan fingerprint density at radius 2 is 2.27 bits per heavy atom. The van der Waals surface area contributed by atoms with Crippen LogP contribution in [0.15, 0.2) is 18.5 Å². The maximum atomic E-state index is 13.1. The second kappa shape index (κ2) is 4.84. The molecule has 0 unspecified atom stereocenters. The molecule has 1 atom stereocenters. The van der Waals surface area contributed by atoms with Gasteiger partial charge in [0, 0.05) is 6.20 Å². The lowest BCUT2D eigenvalue weighted by Gasteiger charge is -2.15. The number of pyridine rings is 1. The summed E-state index contributed by atoms with van der Waals surface area (Å²) in [5, 5.41) is 2.41. The third-order valence-electron chi connectivity index (χ3n) is 2.05. The van der Waals surface area contributed by atoms with Crippen LogP contribution in [0.3, 0.4) is 0 Å². The highest BCUT2D eigenvalue weighted by Gasteiger charge is 2.18. The van der Waals surface area contributed by atoms with Gasteiger partial charge in [-0.15, -0.1) is 0 Å². The number of anilines is 1. The molecule has 1 heterocycles. The van der Waals surface area contributed by atoms with Gasteiger partial charge >= 0.3 is 0 Å². The Bertz CT molecular complexity index is 354. The van der Waals surface area contributed by atoms with Gasteiger partial charge in [0.25, 0.3) is 0 Å². The summed E-state index contributed by atoms with van der Waals surface area (Å²) in [6.45, 7) is 3.65. The lowest BCUT2D eigenvalue weighted by atomic mass is 10.1. The second-order valence-electron chi connectivity index (χ2n) is 3.61. The molecule has 0 bridgehead atoms. The van der Waals surface area contributed by atoms with Gasteiger partial charge in [0.15, 0.2) is 5.82 Å². The van der Waals surface area contributed by atoms with E-state index in [0.717, 1.165) is 6.20 Å². The van der Waals surface area contributed by atoms with E-state index in [1.807, 2.05) is 13.8 Å². The number of hydrogen-bond donors (Lipinski definition) is 2. The Labute approximate surface area is 87.7 Å². The van der Waals surface area contributed by atoms with Crippen LogP contribution in [0.2, 0.25) is 0 Å². The van der Waals surface area contributed by atoms with Crippen molar-refractivity contribution in [3.63, 3.8) is 0 Å². The number of hydrogen-bond acceptors (Lipinski definition) is 3. The molecule has 3 N–H and O–H groups in total. The lowest BCUT2D eigenvalue weighted by molar-refractivity contribution is -0.118. The van der Waals surface area contributed by atoms with Crippen LogP contribution in [0.5, 0.6) is 0 Å². The predicted molar refractivity (Wildman–Crippen MR) is 55.6 cm³/mol. The summed E-state index contributed by atoms with van der Waals surface area (Å²) in [6.07, 6.45) is 2.44. The van der Waals surface area contributed by atoms with Crippen LogP contribution in [-0.2, 0) is 4.79 Å². The second-order valence-corrected chi connectivity index (χ2v) is 3.61. The van der Waals surface area contributed by atoms with Crippen molar-refractivity contribution in [2.45, 2.75) is 19.9 Å². The predicted octanol–water partition coefficient (Wildman–Crippen LogP) is 1.14. The largest absolute Gasteiger partial charge is 0.322 e. The van der Waals surface area contributed by atoms with E-state index in [1.165, 1.54) is 12.3 Å². The van der Waals surface area contributed by atoms with Crippen LogP contribution < -0.4 is 11.1 Å². The molecule has 0 saturated heterocycles. The van der Waals surface area contributed by atoms with Gasteiger partial charge in [-0.2, -0.15) is 0 Å². The molecule has 0 fully saturated rings. The summed E-state index contributed by atoms with van der Waals surface area (Å²) >= 11 is 0. The first kappa shape index (κ1) is 11.6. The first-order valence-electron chi connectivity index (χ1n) is 4.68. The fourth-order valence-electron chi connectivity index (χ4n) is 0.995. The zero-order valence-corrected chi connectivity index (χ0v) is 8.70. The average Bonchev–Trinajstić information content (AvgIpc) is 2.20. The molecule has 15 heavy (non-hydrogen) atoms. The molecular weight excluding hydrogens is 197 g/mol. The van der Waals surface area contributed by atoms with E-state index in [-0.39, 0.29) is 11.6 Å². The minimum Gasteiger partial charge on any atom is -0.322 e. The van der Waals surface area contributed by atoms with Crippen LogP contribution in [0.1, 0.15) is 13.8 Å². The van der Waals surface area contributed by atoms with Crippen molar-refractivity contribution >= 4 is 11.6 Å². The summed E-state index contributed by atoms with van der Waals surface area (Å²) in [4.78, 5) is 15.1. The molecule has 4 nitrogen and oxygen atoms in total. The number of amides is 1. The highest BCUT2D eigenvalue weighted by atomic mass is 19.1. The van der Waals surface area contributed by atoms with Gasteiger partial charge in [-0.05, 0) is 12.0 Å². The summed E-state index contributed by atoms with van der Waals surface area (Å²) in [7, 11) is 0. The van der Waals surface area contributed by atoms with Crippen molar-refractivity contribution in [1.29, 1.82) is 0 Å². The molecule has 1 aromatic rings. The zero-order valence-electron chi connectivity index (χ0n) is 8.70. The number of rotatable bonds is 3. The monoisotopic (exact) mass is 211 g/mol. The minimum absolute atomic E-state index is 0.00917. The summed E-state index contributed by atoms with van der Waals surface area (Å²) < 4.78 is 13.1. The molecular formula is C10H14FN3O. The van der Waals surface area contributed by atoms with Crippen molar-refractivity contribution < 1.29 is 9.18 Å². The van der Waals surface area contributed by atoms with E-state index in [0.29, 0.717) is 0 Å². The standard InChI is InChI=1S/C10H14FN3O/c1-6(2)9(12)10(15)14-8-3-4-13-5-7(8)11/h3-6,9H,12H2,1-2H3,(H,13,14,15)/t9-/m0/s1. The van der Waals surface area contributed by atoms with Gasteiger partial charge in [0.1, 0.15) is 0 Å². The number of carbonyl (C=O) groups is 1. The molecule has 0 aliphatic carbocycles. The molecule has 1 amide bonds. The number of carbonyl (C=O) groups excluding carboxylic acids is 1. The van der Waals surface area contributed by atoms with Crippen LogP contribution in [0.4, 0.5) is 10.1 Å². The first-order valence-corrected chi connectivity index (χ1v) is 4.68. The maximum Gasteiger partial charge on any atom is 0.241 e. The van der Waals surface area contributed by atoms with Gasteiger partial charge in [-0.1, -0.05) is 13.8 Å². The molecule has 82 valence electrons. The van der Waals surface area contributed by atoms with E-state index in [1.54, 1.807) is 0 Å². The van der Waals surface area contributed by atoms with Crippen molar-refractivity contribution in [3.05, 3.63) is 24.3 Å². The van der Waals surface area contributed by atoms with Gasteiger partial charge in [-0.25, -0.2) is 4.39 Å². The van der Waals surface area contributed by atoms with E-state index in [9.17, 15) is 9.18 Å². The maximum absolute atomic E-state index is 13.1. The highest BCUT2D eigenvalue weighted by molar-refractivity contribution is 5.94. The van der Waals surface area contributed by atoms with Crippen molar-refractivity contribution in [3.8, 4) is 0 Å². The quantitative estimate of drug-likeness (QED) is 0.787. The van der Waals surface area contributed by atoms with Crippen LogP contribution >= 0.6 is 0 Å². The SMILES string of the molecule is CC(C)[C@H](N)C(=O)Nc1ccncc1F. The Morgan fingerprint density at radius 1 is 1.60 bits per heavy atom. The number of halogens is 1. The first-order chi connectivity index (χ1) is 7.02. The molecule has 0 radical (unpaired) electrons. The topological polar surface area (TPSA) is 68.0 Å². The van der Waals surface area contributed by atoms with Gasteiger partial charge in [0.2, 0.25) is 5.91 Å². The molecule has 1 rings (SSSR count). The summed E-state index contributed by atoms with van der Waals surface area (Å²) in [6, 6.07) is 0.748. The fourth-order valence-corrected chi connectivity index (χ4v) is 0.995. The number of aromatic nitrogens is 1. The molecule has 0 aliphatic heterocycles. The Kier molecular flexibility index (Phi) is 3.74. The van der Waals surface area contributed by atoms with E-state index < -0.39 is 17.8 Å². The number of nitrogens with zero attached hydrogens (tertiary/aromatic N) is 1. The Balaban J connectivity index is 2.71. The van der Waals surface area contributed by atoms with Crippen LogP contribution in [0.25, 0.3) is 0 Å². The van der Waals surface area contributed by atoms with E-state index in [4.69, 9.17) is 5.73 Å². The molecule has 0 spiro atoms. The molecule has 5 heteroatoms. The van der Waals surface area contributed by atoms with Crippen molar-refractivity contribution in [2.75, 3.05) is 5.32 Å². The molecule has 0 saturated carbocycles. The van der Waals surface area contributed by atoms with Crippen molar-refractivity contribution in [2.24, 2.45) is 11.7 Å². The minimum atomic E-state index is -0.641. The Morgan fingerprint density at radius 3 is 2.80 bits per heavy atom. The molecule has 0 aliphatic rings. The Hall–Kier alpha value is -1.49. The zero-order chi connectivity index (χ0) is 11.4. The summed E-state index contributed by atoms with van der Waals surface area (Å²) in [5.74, 6) is -0.952. The third-order valence-corrected chi connectivity index (χ3v) is 2.05. The van der Waals surface area contributed by atoms with E-state index in [2.05, 4.69) is 10.3 Å². The smallest absolute Gasteiger partial charge is 0.241 e. The van der Waals surface area contributed by atoms with Gasteiger partial charge < -0.3 is 11.1 Å². The summed E-state index contributed by atoms with van der Waals surface area (Å²) in [5.41, 5.74) is 5.71. The van der Waals surface area contributed by atoms with Crippen molar-refractivity contribution in [1.82, 2.24) is 4.98 Å². The van der Waals surface area contributed by atoms with Crippen LogP contribution in [-0.4, -0.2) is 16.9 Å². The number of nitrogens with two attached hydrogens (primary N) is 1. The van der Waals surface area contributed by atoms with Gasteiger partial charge in [-0.3, -0.25) is 9.78 Å². The third kappa shape index (κ3) is 2.99.